The topological polar surface area (TPSA) is 51.2 Å². The summed E-state index contributed by atoms with van der Waals surface area (Å²) in [5, 5.41) is 4.22. The molecule has 128 valence electrons. The Labute approximate surface area is 143 Å². The molecule has 1 fully saturated rings. The van der Waals surface area contributed by atoms with Gasteiger partial charge >= 0.3 is 0 Å². The van der Waals surface area contributed by atoms with Crippen molar-refractivity contribution in [3.8, 4) is 0 Å². The summed E-state index contributed by atoms with van der Waals surface area (Å²) in [6.45, 7) is 8.21. The predicted octanol–water partition coefficient (Wildman–Crippen LogP) is 3.79. The molecule has 1 aromatic heterocycles. The fourth-order valence-electron chi connectivity index (χ4n) is 3.55. The van der Waals surface area contributed by atoms with Gasteiger partial charge in [0.25, 0.3) is 0 Å². The third-order valence-corrected chi connectivity index (χ3v) is 6.09. The van der Waals surface area contributed by atoms with E-state index in [0.717, 1.165) is 30.7 Å². The minimum atomic E-state index is 0.0143. The first-order chi connectivity index (χ1) is 10.8. The molecule has 2 heterocycles. The first-order valence-corrected chi connectivity index (χ1v) is 9.55. The molecule has 0 aromatic carbocycles. The van der Waals surface area contributed by atoms with Crippen LogP contribution < -0.4 is 5.32 Å². The van der Waals surface area contributed by atoms with Crippen LogP contribution in [0.15, 0.2) is 0 Å². The third kappa shape index (κ3) is 3.94. The molecule has 4 nitrogen and oxygen atoms in total. The number of fused-ring (bicyclic) bond motifs is 1. The number of nitrogens with one attached hydrogen (secondary N) is 1. The number of aromatic nitrogens is 1. The van der Waals surface area contributed by atoms with E-state index in [0.29, 0.717) is 0 Å². The van der Waals surface area contributed by atoms with Crippen LogP contribution >= 0.6 is 11.3 Å². The molecule has 1 amide bonds. The molecule has 1 N–H and O–H groups in total. The van der Waals surface area contributed by atoms with Gasteiger partial charge in [0.15, 0.2) is 0 Å². The molecule has 3 rings (SSSR count). The molecule has 0 radical (unpaired) electrons. The summed E-state index contributed by atoms with van der Waals surface area (Å²) < 4.78 is 6.42. The average molecular weight is 337 g/mol. The van der Waals surface area contributed by atoms with Crippen molar-refractivity contribution in [3.63, 3.8) is 0 Å². The monoisotopic (exact) mass is 336 g/mol. The van der Waals surface area contributed by atoms with E-state index in [4.69, 9.17) is 9.72 Å². The second-order valence-electron chi connectivity index (χ2n) is 7.98. The van der Waals surface area contributed by atoms with Crippen LogP contribution in [0.3, 0.4) is 0 Å². The molecule has 1 aromatic rings. The number of ether oxygens (including phenoxy) is 1. The summed E-state index contributed by atoms with van der Waals surface area (Å²) in [4.78, 5) is 17.8. The Morgan fingerprint density at radius 1 is 1.26 bits per heavy atom. The fourth-order valence-corrected chi connectivity index (χ4v) is 4.76. The quantitative estimate of drug-likeness (QED) is 0.894. The summed E-state index contributed by atoms with van der Waals surface area (Å²) in [5.74, 6) is 0.0433. The number of thiazole rings is 1. The fraction of sp³-hybridized carbons (Fsp3) is 0.778. The zero-order chi connectivity index (χ0) is 16.6. The van der Waals surface area contributed by atoms with Crippen molar-refractivity contribution in [1.82, 2.24) is 10.3 Å². The Kier molecular flexibility index (Phi) is 4.79. The molecule has 0 bridgehead atoms. The van der Waals surface area contributed by atoms with Crippen LogP contribution in [-0.4, -0.2) is 23.0 Å². The highest BCUT2D eigenvalue weighted by molar-refractivity contribution is 7.11. The summed E-state index contributed by atoms with van der Waals surface area (Å²) in [5.41, 5.74) is 1.35. The minimum Gasteiger partial charge on any atom is -0.367 e. The molecule has 23 heavy (non-hydrogen) atoms. The average Bonchev–Trinajstić information content (AvgIpc) is 2.89. The lowest BCUT2D eigenvalue weighted by molar-refractivity contribution is -0.127. The Balaban J connectivity index is 1.81. The van der Waals surface area contributed by atoms with Crippen LogP contribution in [0.4, 0.5) is 0 Å². The van der Waals surface area contributed by atoms with E-state index >= 15 is 0 Å². The van der Waals surface area contributed by atoms with Gasteiger partial charge in [0, 0.05) is 24.3 Å². The van der Waals surface area contributed by atoms with Gasteiger partial charge < -0.3 is 10.1 Å². The van der Waals surface area contributed by atoms with Crippen molar-refractivity contribution in [3.05, 3.63) is 15.6 Å². The number of hydrogen-bond acceptors (Lipinski definition) is 4. The van der Waals surface area contributed by atoms with E-state index in [1.165, 1.54) is 23.4 Å². The maximum atomic E-state index is 11.5. The minimum absolute atomic E-state index is 0.0143. The van der Waals surface area contributed by atoms with Gasteiger partial charge in [-0.05, 0) is 37.5 Å². The molecule has 3 atom stereocenters. The number of amides is 1. The van der Waals surface area contributed by atoms with Gasteiger partial charge in [0.05, 0.1) is 11.8 Å². The smallest absolute Gasteiger partial charge is 0.217 e. The maximum Gasteiger partial charge on any atom is 0.217 e. The lowest BCUT2D eigenvalue weighted by Gasteiger charge is -2.41. The number of nitrogens with zero attached hydrogens (tertiary/aromatic N) is 1. The summed E-state index contributed by atoms with van der Waals surface area (Å²) >= 11 is 1.83. The molecule has 0 unspecified atom stereocenters. The van der Waals surface area contributed by atoms with Gasteiger partial charge in [-0.1, -0.05) is 20.8 Å². The molecule has 1 aliphatic carbocycles. The van der Waals surface area contributed by atoms with Crippen molar-refractivity contribution in [2.24, 2.45) is 5.41 Å². The van der Waals surface area contributed by atoms with Crippen molar-refractivity contribution in [1.29, 1.82) is 0 Å². The largest absolute Gasteiger partial charge is 0.367 e. The zero-order valence-electron chi connectivity index (χ0n) is 14.6. The van der Waals surface area contributed by atoms with Gasteiger partial charge in [0.1, 0.15) is 11.1 Å². The first-order valence-electron chi connectivity index (χ1n) is 8.74. The molecular formula is C18H28N2O2S. The van der Waals surface area contributed by atoms with Crippen molar-refractivity contribution < 1.29 is 9.53 Å². The van der Waals surface area contributed by atoms with Gasteiger partial charge in [-0.15, -0.1) is 11.3 Å². The molecule has 1 aliphatic heterocycles. The number of carbonyl (C=O) groups excluding carboxylic acids is 1. The number of carbonyl (C=O) groups is 1. The van der Waals surface area contributed by atoms with Crippen molar-refractivity contribution in [2.75, 3.05) is 0 Å². The normalized spacial score (nSPS) is 28.3. The number of rotatable bonds is 2. The highest BCUT2D eigenvalue weighted by Crippen LogP contribution is 2.41. The van der Waals surface area contributed by atoms with Crippen LogP contribution in [0, 0.1) is 5.41 Å². The Hall–Kier alpha value is -0.940. The molecule has 2 aliphatic rings. The van der Waals surface area contributed by atoms with Crippen LogP contribution in [-0.2, 0) is 22.4 Å². The van der Waals surface area contributed by atoms with E-state index in [2.05, 4.69) is 26.1 Å². The molecule has 0 spiro atoms. The lowest BCUT2D eigenvalue weighted by atomic mass is 9.82. The van der Waals surface area contributed by atoms with Crippen LogP contribution in [0.2, 0.25) is 0 Å². The van der Waals surface area contributed by atoms with Crippen LogP contribution in [0.5, 0.6) is 0 Å². The standard InChI is InChI=1S/C18H28N2O2S/c1-11(21)19-12-9-14(22-16(10-12)18(2,3)4)17-20-13-7-5-6-8-15(13)23-17/h12,14,16H,5-10H2,1-4H3,(H,19,21)/t12-,14-,16+/m0/s1. The lowest BCUT2D eigenvalue weighted by Crippen LogP contribution is -2.46. The molecule has 5 heteroatoms. The van der Waals surface area contributed by atoms with Crippen molar-refractivity contribution in [2.45, 2.75) is 84.5 Å². The Morgan fingerprint density at radius 3 is 2.65 bits per heavy atom. The summed E-state index contributed by atoms with van der Waals surface area (Å²) in [6, 6.07) is 0.177. The van der Waals surface area contributed by atoms with Gasteiger partial charge in [-0.25, -0.2) is 4.98 Å². The molecular weight excluding hydrogens is 308 g/mol. The van der Waals surface area contributed by atoms with Crippen molar-refractivity contribution >= 4 is 17.2 Å². The van der Waals surface area contributed by atoms with E-state index in [1.54, 1.807) is 6.92 Å². The van der Waals surface area contributed by atoms with E-state index in [9.17, 15) is 4.79 Å². The van der Waals surface area contributed by atoms with Gasteiger partial charge in [-0.2, -0.15) is 0 Å². The second-order valence-corrected chi connectivity index (χ2v) is 9.09. The highest BCUT2D eigenvalue weighted by Gasteiger charge is 2.38. The Morgan fingerprint density at radius 2 is 2.00 bits per heavy atom. The zero-order valence-corrected chi connectivity index (χ0v) is 15.5. The maximum absolute atomic E-state index is 11.5. The second kappa shape index (κ2) is 6.52. The van der Waals surface area contributed by atoms with E-state index in [-0.39, 0.29) is 29.6 Å². The summed E-state index contributed by atoms with van der Waals surface area (Å²) in [6.07, 6.45) is 6.66. The number of aryl methyl sites for hydroxylation is 2. The van der Waals surface area contributed by atoms with E-state index in [1.807, 2.05) is 11.3 Å². The number of hydrogen-bond donors (Lipinski definition) is 1. The SMILES string of the molecule is CC(=O)N[C@H]1C[C@@H](c2nc3c(s2)CCCC3)O[C@@H](C(C)(C)C)C1. The third-order valence-electron chi connectivity index (χ3n) is 4.84. The first kappa shape index (κ1) is 16.9. The van der Waals surface area contributed by atoms with Gasteiger partial charge in [-0.3, -0.25) is 4.79 Å². The van der Waals surface area contributed by atoms with E-state index < -0.39 is 0 Å². The molecule has 0 saturated carbocycles. The van der Waals surface area contributed by atoms with Crippen LogP contribution in [0.1, 0.15) is 75.1 Å². The Bertz CT molecular complexity index is 553. The molecule has 1 saturated heterocycles. The predicted molar refractivity (Wildman–Crippen MR) is 92.7 cm³/mol. The summed E-state index contributed by atoms with van der Waals surface area (Å²) in [7, 11) is 0. The van der Waals surface area contributed by atoms with Crippen LogP contribution in [0.25, 0.3) is 0 Å². The van der Waals surface area contributed by atoms with Gasteiger partial charge in [0.2, 0.25) is 5.91 Å². The highest BCUT2D eigenvalue weighted by atomic mass is 32.1.